The zero-order chi connectivity index (χ0) is 13.2. The van der Waals surface area contributed by atoms with Crippen LogP contribution in [-0.2, 0) is 18.3 Å². The normalized spacial score (nSPS) is 11.6. The minimum absolute atomic E-state index is 0.00990. The van der Waals surface area contributed by atoms with Gasteiger partial charge >= 0.3 is 0 Å². The minimum Gasteiger partial charge on any atom is -0.366 e. The summed E-state index contributed by atoms with van der Waals surface area (Å²) in [7, 11) is 0. The molecule has 1 rings (SSSR count). The van der Waals surface area contributed by atoms with Crippen molar-refractivity contribution in [1.29, 1.82) is 0 Å². The molecule has 0 unspecified atom stereocenters. The van der Waals surface area contributed by atoms with Crippen molar-refractivity contribution in [3.8, 4) is 0 Å². The van der Waals surface area contributed by atoms with E-state index in [1.54, 1.807) is 0 Å². The van der Waals surface area contributed by atoms with E-state index in [2.05, 4.69) is 25.8 Å². The Hall–Kier alpha value is -1.38. The van der Waals surface area contributed by atoms with Crippen molar-refractivity contribution in [2.75, 3.05) is 0 Å². The van der Waals surface area contributed by atoms with Gasteiger partial charge in [-0.15, -0.1) is 0 Å². The van der Waals surface area contributed by atoms with Gasteiger partial charge in [-0.25, -0.2) is 0 Å². The Kier molecular flexibility index (Phi) is 3.91. The van der Waals surface area contributed by atoms with E-state index in [4.69, 9.17) is 5.73 Å². The average molecular weight is 234 g/mol. The molecule has 0 atom stereocenters. The van der Waals surface area contributed by atoms with Gasteiger partial charge in [0.05, 0.1) is 11.3 Å². The number of aromatic nitrogens is 1. The van der Waals surface area contributed by atoms with Crippen molar-refractivity contribution in [3.05, 3.63) is 28.6 Å². The molecule has 1 aromatic rings. The molecule has 0 spiro atoms. The fraction of sp³-hybridized carbons (Fsp3) is 0.571. The van der Waals surface area contributed by atoms with Gasteiger partial charge in [-0.1, -0.05) is 34.6 Å². The Labute approximate surface area is 103 Å². The Balaban J connectivity index is 3.50. The lowest BCUT2D eigenvalue weighted by molar-refractivity contribution is 0.0998. The highest BCUT2D eigenvalue weighted by atomic mass is 16.1. The molecule has 3 heteroatoms. The lowest BCUT2D eigenvalue weighted by Crippen LogP contribution is -2.22. The third-order valence-corrected chi connectivity index (χ3v) is 2.91. The van der Waals surface area contributed by atoms with Crippen LogP contribution in [0.2, 0.25) is 0 Å². The summed E-state index contributed by atoms with van der Waals surface area (Å²) in [5, 5.41) is 0. The average Bonchev–Trinajstić information content (AvgIpc) is 2.25. The van der Waals surface area contributed by atoms with E-state index < -0.39 is 0 Å². The molecule has 3 nitrogen and oxygen atoms in total. The molecule has 0 fully saturated rings. The quantitative estimate of drug-likeness (QED) is 0.874. The predicted molar refractivity (Wildman–Crippen MR) is 70.2 cm³/mol. The molecule has 0 aliphatic carbocycles. The Bertz CT molecular complexity index is 405. The Morgan fingerprint density at radius 1 is 1.29 bits per heavy atom. The van der Waals surface area contributed by atoms with Crippen molar-refractivity contribution >= 4 is 5.91 Å². The van der Waals surface area contributed by atoms with Crippen LogP contribution in [0.15, 0.2) is 6.07 Å². The largest absolute Gasteiger partial charge is 0.366 e. The minimum atomic E-state index is -0.369. The van der Waals surface area contributed by atoms with Gasteiger partial charge in [0.1, 0.15) is 0 Å². The SMILES string of the molecule is CCc1cc(C(C)(C)C)nc(CC)c1C(N)=O. The van der Waals surface area contributed by atoms with Crippen LogP contribution in [0.25, 0.3) is 0 Å². The summed E-state index contributed by atoms with van der Waals surface area (Å²) in [4.78, 5) is 16.1. The van der Waals surface area contributed by atoms with Gasteiger partial charge in [0.25, 0.3) is 5.91 Å². The number of nitrogens with zero attached hydrogens (tertiary/aromatic N) is 1. The summed E-state index contributed by atoms with van der Waals surface area (Å²) in [6.07, 6.45) is 1.53. The summed E-state index contributed by atoms with van der Waals surface area (Å²) in [5.74, 6) is -0.369. The van der Waals surface area contributed by atoms with E-state index in [0.717, 1.165) is 29.8 Å². The maximum atomic E-state index is 11.5. The molecule has 0 saturated heterocycles. The molecule has 2 N–H and O–H groups in total. The summed E-state index contributed by atoms with van der Waals surface area (Å²) in [6.45, 7) is 10.4. The van der Waals surface area contributed by atoms with Crippen molar-refractivity contribution in [2.24, 2.45) is 5.73 Å². The molecule has 0 aliphatic heterocycles. The summed E-state index contributed by atoms with van der Waals surface area (Å²) < 4.78 is 0. The van der Waals surface area contributed by atoms with Crippen molar-refractivity contribution in [3.63, 3.8) is 0 Å². The van der Waals surface area contributed by atoms with Gasteiger partial charge in [-0.05, 0) is 24.5 Å². The molecule has 94 valence electrons. The highest BCUT2D eigenvalue weighted by molar-refractivity contribution is 5.95. The van der Waals surface area contributed by atoms with Crippen LogP contribution >= 0.6 is 0 Å². The first-order valence-electron chi connectivity index (χ1n) is 6.14. The molecular formula is C14H22N2O. The molecule has 0 radical (unpaired) electrons. The molecule has 0 bridgehead atoms. The van der Waals surface area contributed by atoms with Gasteiger partial charge in [0, 0.05) is 11.1 Å². The smallest absolute Gasteiger partial charge is 0.250 e. The van der Waals surface area contributed by atoms with Crippen LogP contribution in [0.3, 0.4) is 0 Å². The van der Waals surface area contributed by atoms with Crippen LogP contribution in [-0.4, -0.2) is 10.9 Å². The number of primary amides is 1. The summed E-state index contributed by atoms with van der Waals surface area (Å²) in [5.41, 5.74) is 8.90. The fourth-order valence-corrected chi connectivity index (χ4v) is 1.88. The van der Waals surface area contributed by atoms with Gasteiger partial charge in [0.2, 0.25) is 0 Å². The van der Waals surface area contributed by atoms with Gasteiger partial charge in [0.15, 0.2) is 0 Å². The van der Waals surface area contributed by atoms with E-state index in [9.17, 15) is 4.79 Å². The second-order valence-electron chi connectivity index (χ2n) is 5.31. The number of rotatable bonds is 3. The molecule has 1 heterocycles. The first-order chi connectivity index (χ1) is 7.81. The van der Waals surface area contributed by atoms with Crippen LogP contribution in [0.1, 0.15) is 61.9 Å². The number of amides is 1. The topological polar surface area (TPSA) is 56.0 Å². The third kappa shape index (κ3) is 2.84. The standard InChI is InChI=1S/C14H22N2O/c1-6-9-8-11(14(3,4)5)16-10(7-2)12(9)13(15)17/h8H,6-7H2,1-5H3,(H2,15,17). The first-order valence-corrected chi connectivity index (χ1v) is 6.14. The number of hydrogen-bond acceptors (Lipinski definition) is 2. The third-order valence-electron chi connectivity index (χ3n) is 2.91. The zero-order valence-electron chi connectivity index (χ0n) is 11.4. The number of pyridine rings is 1. The van der Waals surface area contributed by atoms with Gasteiger partial charge in [-0.2, -0.15) is 0 Å². The van der Waals surface area contributed by atoms with Crippen LogP contribution in [0, 0.1) is 0 Å². The fourth-order valence-electron chi connectivity index (χ4n) is 1.88. The van der Waals surface area contributed by atoms with E-state index in [0.29, 0.717) is 5.56 Å². The first kappa shape index (κ1) is 13.7. The van der Waals surface area contributed by atoms with Crippen molar-refractivity contribution < 1.29 is 4.79 Å². The van der Waals surface area contributed by atoms with Crippen LogP contribution < -0.4 is 5.73 Å². The molecule has 1 amide bonds. The second kappa shape index (κ2) is 4.86. The second-order valence-corrected chi connectivity index (χ2v) is 5.31. The van der Waals surface area contributed by atoms with Gasteiger partial charge in [-0.3, -0.25) is 9.78 Å². The molecular weight excluding hydrogens is 212 g/mol. The molecule has 0 aromatic carbocycles. The summed E-state index contributed by atoms with van der Waals surface area (Å²) in [6, 6.07) is 2.01. The number of carbonyl (C=O) groups is 1. The Morgan fingerprint density at radius 3 is 2.24 bits per heavy atom. The lowest BCUT2D eigenvalue weighted by atomic mass is 9.88. The van der Waals surface area contributed by atoms with Crippen molar-refractivity contribution in [2.45, 2.75) is 52.9 Å². The molecule has 1 aromatic heterocycles. The number of aryl methyl sites for hydroxylation is 2. The Morgan fingerprint density at radius 2 is 1.88 bits per heavy atom. The highest BCUT2D eigenvalue weighted by Gasteiger charge is 2.21. The zero-order valence-corrected chi connectivity index (χ0v) is 11.4. The van der Waals surface area contributed by atoms with E-state index >= 15 is 0 Å². The molecule has 17 heavy (non-hydrogen) atoms. The van der Waals surface area contributed by atoms with E-state index in [1.807, 2.05) is 19.9 Å². The highest BCUT2D eigenvalue weighted by Crippen LogP contribution is 2.25. The number of nitrogens with two attached hydrogens (primary N) is 1. The van der Waals surface area contributed by atoms with Crippen LogP contribution in [0.4, 0.5) is 0 Å². The van der Waals surface area contributed by atoms with E-state index in [-0.39, 0.29) is 11.3 Å². The van der Waals surface area contributed by atoms with Gasteiger partial charge < -0.3 is 5.73 Å². The number of hydrogen-bond donors (Lipinski definition) is 1. The lowest BCUT2D eigenvalue weighted by Gasteiger charge is -2.21. The number of carbonyl (C=O) groups excluding carboxylic acids is 1. The maximum Gasteiger partial charge on any atom is 0.250 e. The molecule has 0 aliphatic rings. The maximum absolute atomic E-state index is 11.5. The van der Waals surface area contributed by atoms with E-state index in [1.165, 1.54) is 0 Å². The predicted octanol–water partition coefficient (Wildman–Crippen LogP) is 2.60. The van der Waals surface area contributed by atoms with Crippen LogP contribution in [0.5, 0.6) is 0 Å². The molecule has 0 saturated carbocycles. The monoisotopic (exact) mass is 234 g/mol. The summed E-state index contributed by atoms with van der Waals surface area (Å²) >= 11 is 0. The van der Waals surface area contributed by atoms with Crippen molar-refractivity contribution in [1.82, 2.24) is 4.98 Å².